The molecule has 1 aliphatic rings. The molecule has 2 N–H and O–H groups in total. The first kappa shape index (κ1) is 16.1. The van der Waals surface area contributed by atoms with Crippen LogP contribution < -0.4 is 10.1 Å². The summed E-state index contributed by atoms with van der Waals surface area (Å²) in [7, 11) is 0. The van der Waals surface area contributed by atoms with Crippen molar-refractivity contribution in [2.24, 2.45) is 0 Å². The SMILES string of the molecule is N#Cc1cnc(Nc2cc(-c3ccccc3OC3CCCC3)[nH]n2)cn1. The predicted octanol–water partition coefficient (Wildman–Crippen LogP) is 3.80. The van der Waals surface area contributed by atoms with Gasteiger partial charge in [-0.15, -0.1) is 0 Å². The molecule has 7 heteroatoms. The summed E-state index contributed by atoms with van der Waals surface area (Å²) in [5.41, 5.74) is 2.12. The highest BCUT2D eigenvalue weighted by Crippen LogP contribution is 2.33. The van der Waals surface area contributed by atoms with Crippen LogP contribution in [0.1, 0.15) is 31.4 Å². The third kappa shape index (κ3) is 3.49. The molecule has 0 atom stereocenters. The van der Waals surface area contributed by atoms with Gasteiger partial charge in [-0.2, -0.15) is 10.4 Å². The van der Waals surface area contributed by atoms with E-state index in [-0.39, 0.29) is 5.69 Å². The summed E-state index contributed by atoms with van der Waals surface area (Å²) in [5, 5.41) is 19.2. The van der Waals surface area contributed by atoms with E-state index in [4.69, 9.17) is 10.00 Å². The topological polar surface area (TPSA) is 99.5 Å². The first-order chi connectivity index (χ1) is 12.8. The zero-order chi connectivity index (χ0) is 17.8. The second kappa shape index (κ2) is 7.23. The summed E-state index contributed by atoms with van der Waals surface area (Å²) in [5.74, 6) is 2.01. The van der Waals surface area contributed by atoms with Crippen LogP contribution in [0.25, 0.3) is 11.3 Å². The number of aromatic nitrogens is 4. The van der Waals surface area contributed by atoms with Gasteiger partial charge in [-0.25, -0.2) is 9.97 Å². The van der Waals surface area contributed by atoms with Gasteiger partial charge < -0.3 is 10.1 Å². The van der Waals surface area contributed by atoms with Crippen LogP contribution in [0.4, 0.5) is 11.6 Å². The van der Waals surface area contributed by atoms with Crippen molar-refractivity contribution >= 4 is 11.6 Å². The highest BCUT2D eigenvalue weighted by atomic mass is 16.5. The van der Waals surface area contributed by atoms with Crippen LogP contribution in [0.2, 0.25) is 0 Å². The quantitative estimate of drug-likeness (QED) is 0.729. The Balaban J connectivity index is 1.53. The van der Waals surface area contributed by atoms with Crippen molar-refractivity contribution in [1.29, 1.82) is 5.26 Å². The molecule has 1 saturated carbocycles. The van der Waals surface area contributed by atoms with Crippen molar-refractivity contribution in [3.63, 3.8) is 0 Å². The van der Waals surface area contributed by atoms with E-state index >= 15 is 0 Å². The van der Waals surface area contributed by atoms with E-state index in [9.17, 15) is 0 Å². The fourth-order valence-electron chi connectivity index (χ4n) is 3.08. The molecule has 0 aliphatic heterocycles. The minimum absolute atomic E-state index is 0.274. The number of para-hydroxylation sites is 1. The summed E-state index contributed by atoms with van der Waals surface area (Å²) in [6, 6.07) is 11.8. The van der Waals surface area contributed by atoms with Gasteiger partial charge in [-0.05, 0) is 37.8 Å². The van der Waals surface area contributed by atoms with E-state index < -0.39 is 0 Å². The van der Waals surface area contributed by atoms with Crippen LogP contribution >= 0.6 is 0 Å². The van der Waals surface area contributed by atoms with Gasteiger partial charge in [0, 0.05) is 11.6 Å². The maximum Gasteiger partial charge on any atom is 0.158 e. The lowest BCUT2D eigenvalue weighted by atomic mass is 10.1. The minimum Gasteiger partial charge on any atom is -0.490 e. The Morgan fingerprint density at radius 3 is 2.73 bits per heavy atom. The molecule has 0 unspecified atom stereocenters. The van der Waals surface area contributed by atoms with Crippen molar-refractivity contribution in [2.75, 3.05) is 5.32 Å². The lowest BCUT2D eigenvalue weighted by molar-refractivity contribution is 0.211. The molecular weight excluding hydrogens is 328 g/mol. The van der Waals surface area contributed by atoms with E-state index in [1.165, 1.54) is 25.2 Å². The number of ether oxygens (including phenoxy) is 1. The van der Waals surface area contributed by atoms with E-state index in [0.29, 0.717) is 17.7 Å². The Kier molecular flexibility index (Phi) is 4.48. The number of benzene rings is 1. The molecule has 3 aromatic rings. The third-order valence-corrected chi connectivity index (χ3v) is 4.37. The molecule has 7 nitrogen and oxygen atoms in total. The molecule has 4 rings (SSSR count). The van der Waals surface area contributed by atoms with Crippen LogP contribution in [0.15, 0.2) is 42.7 Å². The first-order valence-electron chi connectivity index (χ1n) is 8.62. The normalized spacial score (nSPS) is 14.1. The van der Waals surface area contributed by atoms with Gasteiger partial charge in [0.25, 0.3) is 0 Å². The monoisotopic (exact) mass is 346 g/mol. The van der Waals surface area contributed by atoms with E-state index in [1.54, 1.807) is 0 Å². The van der Waals surface area contributed by atoms with E-state index in [2.05, 4.69) is 25.5 Å². The van der Waals surface area contributed by atoms with Gasteiger partial charge in [0.05, 0.1) is 24.2 Å². The van der Waals surface area contributed by atoms with Gasteiger partial charge in [0.2, 0.25) is 0 Å². The summed E-state index contributed by atoms with van der Waals surface area (Å²) in [6.45, 7) is 0. The smallest absolute Gasteiger partial charge is 0.158 e. The van der Waals surface area contributed by atoms with Crippen molar-refractivity contribution in [3.05, 3.63) is 48.4 Å². The average molecular weight is 346 g/mol. The number of nitrogens with zero attached hydrogens (tertiary/aromatic N) is 4. The number of H-pyrrole nitrogens is 1. The summed E-state index contributed by atoms with van der Waals surface area (Å²) >= 11 is 0. The molecule has 0 spiro atoms. The van der Waals surface area contributed by atoms with Crippen molar-refractivity contribution in [3.8, 4) is 23.1 Å². The van der Waals surface area contributed by atoms with Crippen LogP contribution in [-0.2, 0) is 0 Å². The fraction of sp³-hybridized carbons (Fsp3) is 0.263. The third-order valence-electron chi connectivity index (χ3n) is 4.37. The lowest BCUT2D eigenvalue weighted by Gasteiger charge is -2.15. The molecule has 130 valence electrons. The Bertz CT molecular complexity index is 922. The van der Waals surface area contributed by atoms with Crippen molar-refractivity contribution < 1.29 is 4.74 Å². The molecule has 1 aliphatic carbocycles. The molecule has 26 heavy (non-hydrogen) atoms. The van der Waals surface area contributed by atoms with Crippen LogP contribution in [0, 0.1) is 11.3 Å². The highest BCUT2D eigenvalue weighted by molar-refractivity contribution is 5.70. The second-order valence-electron chi connectivity index (χ2n) is 6.21. The van der Waals surface area contributed by atoms with Gasteiger partial charge >= 0.3 is 0 Å². The van der Waals surface area contributed by atoms with Crippen LogP contribution in [0.3, 0.4) is 0 Å². The average Bonchev–Trinajstić information content (AvgIpc) is 3.35. The van der Waals surface area contributed by atoms with Crippen LogP contribution in [0.5, 0.6) is 5.75 Å². The molecule has 1 fully saturated rings. The number of hydrogen-bond donors (Lipinski definition) is 2. The first-order valence-corrected chi connectivity index (χ1v) is 8.62. The number of nitrogens with one attached hydrogen (secondary N) is 2. The Labute approximate surface area is 151 Å². The molecule has 2 heterocycles. The van der Waals surface area contributed by atoms with Gasteiger partial charge in [-0.3, -0.25) is 5.10 Å². The van der Waals surface area contributed by atoms with Crippen molar-refractivity contribution in [1.82, 2.24) is 20.2 Å². The Morgan fingerprint density at radius 1 is 1.12 bits per heavy atom. The van der Waals surface area contributed by atoms with Crippen molar-refractivity contribution in [2.45, 2.75) is 31.8 Å². The molecular formula is C19H18N6O. The summed E-state index contributed by atoms with van der Waals surface area (Å²) in [4.78, 5) is 8.12. The number of nitriles is 1. The summed E-state index contributed by atoms with van der Waals surface area (Å²) < 4.78 is 6.19. The van der Waals surface area contributed by atoms with E-state index in [1.807, 2.05) is 36.4 Å². The van der Waals surface area contributed by atoms with E-state index in [0.717, 1.165) is 29.8 Å². The predicted molar refractivity (Wildman–Crippen MR) is 96.9 cm³/mol. The fourth-order valence-corrected chi connectivity index (χ4v) is 3.08. The zero-order valence-corrected chi connectivity index (χ0v) is 14.1. The van der Waals surface area contributed by atoms with Crippen LogP contribution in [-0.4, -0.2) is 26.3 Å². The summed E-state index contributed by atoms with van der Waals surface area (Å²) in [6.07, 6.45) is 7.91. The number of aromatic amines is 1. The second-order valence-corrected chi connectivity index (χ2v) is 6.21. The highest BCUT2D eigenvalue weighted by Gasteiger charge is 2.18. The van der Waals surface area contributed by atoms with Gasteiger partial charge in [0.15, 0.2) is 11.5 Å². The molecule has 1 aromatic carbocycles. The number of anilines is 2. The minimum atomic E-state index is 0.274. The largest absolute Gasteiger partial charge is 0.490 e. The molecule has 0 amide bonds. The lowest BCUT2D eigenvalue weighted by Crippen LogP contribution is -2.11. The maximum atomic E-state index is 8.77. The zero-order valence-electron chi connectivity index (χ0n) is 14.1. The van der Waals surface area contributed by atoms with Gasteiger partial charge in [0.1, 0.15) is 17.6 Å². The standard InChI is InChI=1S/C19H18N6O/c20-10-13-11-22-19(12-21-13)23-18-9-16(24-25-18)15-7-3-4-8-17(15)26-14-5-1-2-6-14/h3-4,7-9,11-12,14H,1-2,5-6H2,(H2,22,23,24,25). The number of hydrogen-bond acceptors (Lipinski definition) is 6. The van der Waals surface area contributed by atoms with Gasteiger partial charge in [-0.1, -0.05) is 12.1 Å². The molecule has 0 radical (unpaired) electrons. The molecule has 2 aromatic heterocycles. The Morgan fingerprint density at radius 2 is 1.96 bits per heavy atom. The molecule has 0 saturated heterocycles. The molecule has 0 bridgehead atoms. The number of rotatable bonds is 5. The maximum absolute atomic E-state index is 8.77. The Hall–Kier alpha value is -3.40.